The van der Waals surface area contributed by atoms with Crippen LogP contribution < -0.4 is 56.8 Å². The zero-order valence-corrected chi connectivity index (χ0v) is 11.2. The van der Waals surface area contributed by atoms with Gasteiger partial charge in [0.1, 0.15) is 0 Å². The second-order valence-electron chi connectivity index (χ2n) is 2.66. The number of hydrogen-bond acceptors (Lipinski definition) is 1. The molecule has 0 heterocycles. The van der Waals surface area contributed by atoms with Gasteiger partial charge in [-0.05, 0) is 5.53 Å². The first-order valence-corrected chi connectivity index (χ1v) is 3.84. The van der Waals surface area contributed by atoms with Gasteiger partial charge in [-0.25, -0.2) is 0 Å². The van der Waals surface area contributed by atoms with E-state index in [1.807, 2.05) is 0 Å². The fourth-order valence-electron chi connectivity index (χ4n) is 1.11. The Morgan fingerprint density at radius 3 is 2.40 bits per heavy atom. The van der Waals surface area contributed by atoms with Gasteiger partial charge in [-0.2, -0.15) is 0 Å². The zero-order chi connectivity index (χ0) is 10.6. The van der Waals surface area contributed by atoms with Crippen LogP contribution in [0, 0.1) is 0 Å². The Balaban J connectivity index is 0.00000196. The van der Waals surface area contributed by atoms with Gasteiger partial charge in [-0.3, -0.25) is 0 Å². The summed E-state index contributed by atoms with van der Waals surface area (Å²) in [5.74, 6) is 0. The molecule has 1 aromatic carbocycles. The van der Waals surface area contributed by atoms with E-state index in [1.165, 1.54) is 18.2 Å². The normalized spacial score (nSPS) is 10.1. The van der Waals surface area contributed by atoms with Crippen LogP contribution >= 0.6 is 0 Å². The molecule has 8 heteroatoms. The predicted octanol–water partition coefficient (Wildman–Crippen LogP) is -0.445. The minimum atomic E-state index is -5.04. The predicted molar refractivity (Wildman–Crippen MR) is 48.0 cm³/mol. The number of hydrogen-bond donors (Lipinski definition) is 0. The molecule has 0 bridgehead atoms. The van der Waals surface area contributed by atoms with E-state index in [1.54, 1.807) is 0 Å². The van der Waals surface area contributed by atoms with Gasteiger partial charge in [0.25, 0.3) is 0 Å². The number of benzene rings is 1. The molecular formula is C7H6BF3KN3. The Kier molecular flexibility index (Phi) is 6.58. The largest absolute Gasteiger partial charge is 1.00 e. The summed E-state index contributed by atoms with van der Waals surface area (Å²) in [4.78, 5) is 2.42. The second kappa shape index (κ2) is 6.57. The van der Waals surface area contributed by atoms with E-state index in [2.05, 4.69) is 10.0 Å². The summed E-state index contributed by atoms with van der Waals surface area (Å²) < 4.78 is 37.2. The SMILES string of the molecule is [K+].[N-]=[N+]=NCc1ccccc1[B-](F)(F)F. The molecule has 0 unspecified atom stereocenters. The summed E-state index contributed by atoms with van der Waals surface area (Å²) in [5, 5.41) is 3.11. The average Bonchev–Trinajstić information content (AvgIpc) is 2.14. The molecule has 0 fully saturated rings. The third-order valence-corrected chi connectivity index (χ3v) is 1.71. The van der Waals surface area contributed by atoms with Crippen molar-refractivity contribution in [3.63, 3.8) is 0 Å². The Hall–Kier alpha value is 0.0213. The molecule has 0 N–H and O–H groups in total. The molecule has 0 aliphatic carbocycles. The quantitative estimate of drug-likeness (QED) is 0.297. The summed E-state index contributed by atoms with van der Waals surface area (Å²) in [6.07, 6.45) is 0. The number of azide groups is 1. The monoisotopic (exact) mass is 239 g/mol. The molecule has 0 saturated carbocycles. The van der Waals surface area contributed by atoms with Crippen molar-refractivity contribution in [3.05, 3.63) is 40.3 Å². The molecule has 1 rings (SSSR count). The van der Waals surface area contributed by atoms with Crippen LogP contribution in [-0.2, 0) is 6.54 Å². The molecule has 0 atom stereocenters. The number of rotatable bonds is 3. The van der Waals surface area contributed by atoms with Gasteiger partial charge in [0.05, 0.1) is 0 Å². The van der Waals surface area contributed by atoms with Gasteiger partial charge in [-0.15, -0.1) is 5.46 Å². The van der Waals surface area contributed by atoms with Crippen LogP contribution in [0.25, 0.3) is 10.4 Å². The van der Waals surface area contributed by atoms with E-state index in [0.717, 1.165) is 6.07 Å². The molecule has 0 aliphatic heterocycles. The van der Waals surface area contributed by atoms with Crippen LogP contribution in [0.1, 0.15) is 5.56 Å². The molecule has 74 valence electrons. The van der Waals surface area contributed by atoms with Crippen molar-refractivity contribution in [1.82, 2.24) is 0 Å². The molecule has 3 nitrogen and oxygen atoms in total. The third-order valence-electron chi connectivity index (χ3n) is 1.71. The van der Waals surface area contributed by atoms with E-state index < -0.39 is 12.4 Å². The maximum Gasteiger partial charge on any atom is 1.00 e. The molecule has 0 saturated heterocycles. The molecule has 0 spiro atoms. The summed E-state index contributed by atoms with van der Waals surface area (Å²) >= 11 is 0. The molecule has 0 aromatic heterocycles. The van der Waals surface area contributed by atoms with Gasteiger partial charge in [0.15, 0.2) is 0 Å². The molecule has 0 radical (unpaired) electrons. The average molecular weight is 239 g/mol. The van der Waals surface area contributed by atoms with Crippen LogP contribution in [0.5, 0.6) is 0 Å². The van der Waals surface area contributed by atoms with Gasteiger partial charge < -0.3 is 12.9 Å². The molecule has 1 aromatic rings. The summed E-state index contributed by atoms with van der Waals surface area (Å²) in [6.45, 7) is -5.31. The first kappa shape index (κ1) is 15.0. The van der Waals surface area contributed by atoms with E-state index in [4.69, 9.17) is 5.53 Å². The zero-order valence-electron chi connectivity index (χ0n) is 8.07. The number of nitrogens with zero attached hydrogens (tertiary/aromatic N) is 3. The van der Waals surface area contributed by atoms with E-state index in [0.29, 0.717) is 0 Å². The van der Waals surface area contributed by atoms with E-state index in [-0.39, 0.29) is 63.5 Å². The maximum atomic E-state index is 12.4. The first-order valence-electron chi connectivity index (χ1n) is 3.84. The van der Waals surface area contributed by atoms with Crippen molar-refractivity contribution in [3.8, 4) is 0 Å². The minimum absolute atomic E-state index is 0. The van der Waals surface area contributed by atoms with Crippen molar-refractivity contribution >= 4 is 12.4 Å². The second-order valence-corrected chi connectivity index (χ2v) is 2.66. The first-order chi connectivity index (χ1) is 6.55. The Morgan fingerprint density at radius 1 is 1.27 bits per heavy atom. The third kappa shape index (κ3) is 4.59. The summed E-state index contributed by atoms with van der Waals surface area (Å²) in [6, 6.07) is 5.08. The Bertz CT molecular complexity index is 376. The van der Waals surface area contributed by atoms with Crippen LogP contribution in [0.3, 0.4) is 0 Å². The van der Waals surface area contributed by atoms with Crippen molar-refractivity contribution in [2.75, 3.05) is 0 Å². The van der Waals surface area contributed by atoms with Gasteiger partial charge in [-0.1, -0.05) is 34.9 Å². The van der Waals surface area contributed by atoms with Crippen molar-refractivity contribution in [2.24, 2.45) is 5.11 Å². The number of halogens is 3. The van der Waals surface area contributed by atoms with Crippen LogP contribution in [0.15, 0.2) is 29.4 Å². The molecular weight excluding hydrogens is 233 g/mol. The Labute approximate surface area is 127 Å². The standard InChI is InChI=1S/C7H6BF3N3.K/c9-8(10,11)7-4-2-1-3-6(7)5-13-14-12;/h1-4H,5H2;/q-1;+1. The van der Waals surface area contributed by atoms with Crippen LogP contribution in [0.4, 0.5) is 12.9 Å². The van der Waals surface area contributed by atoms with E-state index in [9.17, 15) is 12.9 Å². The maximum absolute atomic E-state index is 12.4. The van der Waals surface area contributed by atoms with Crippen molar-refractivity contribution in [1.29, 1.82) is 0 Å². The van der Waals surface area contributed by atoms with Crippen LogP contribution in [0.2, 0.25) is 0 Å². The van der Waals surface area contributed by atoms with Gasteiger partial charge in [0.2, 0.25) is 0 Å². The fourth-order valence-corrected chi connectivity index (χ4v) is 1.11. The van der Waals surface area contributed by atoms with Crippen molar-refractivity contribution in [2.45, 2.75) is 6.54 Å². The van der Waals surface area contributed by atoms with Crippen molar-refractivity contribution < 1.29 is 64.3 Å². The van der Waals surface area contributed by atoms with E-state index >= 15 is 0 Å². The molecule has 15 heavy (non-hydrogen) atoms. The topological polar surface area (TPSA) is 48.8 Å². The van der Waals surface area contributed by atoms with Crippen LogP contribution in [-0.4, -0.2) is 6.98 Å². The molecule has 0 amide bonds. The summed E-state index contributed by atoms with van der Waals surface area (Å²) in [7, 11) is 0. The van der Waals surface area contributed by atoms with Gasteiger partial charge >= 0.3 is 58.4 Å². The smallest absolute Gasteiger partial charge is 0.445 e. The molecule has 0 aliphatic rings. The summed E-state index contributed by atoms with van der Waals surface area (Å²) in [5.41, 5.74) is 7.32. The van der Waals surface area contributed by atoms with Gasteiger partial charge in [0, 0.05) is 11.5 Å². The Morgan fingerprint density at radius 2 is 1.87 bits per heavy atom. The minimum Gasteiger partial charge on any atom is -0.445 e. The fraction of sp³-hybridized carbons (Fsp3) is 0.143.